The van der Waals surface area contributed by atoms with Gasteiger partial charge in [0.05, 0.1) is 0 Å². The highest BCUT2D eigenvalue weighted by atomic mass is 15.2. The van der Waals surface area contributed by atoms with Crippen molar-refractivity contribution in [1.29, 1.82) is 0 Å². The van der Waals surface area contributed by atoms with Crippen LogP contribution in [0.2, 0.25) is 0 Å². The minimum Gasteiger partial charge on any atom is -0.367 e. The van der Waals surface area contributed by atoms with Gasteiger partial charge in [-0.2, -0.15) is 0 Å². The summed E-state index contributed by atoms with van der Waals surface area (Å²) in [5.74, 6) is 1.05. The number of likely N-dealkylation sites (tertiary alicyclic amines) is 1. The van der Waals surface area contributed by atoms with Crippen molar-refractivity contribution in [3.63, 3.8) is 0 Å². The van der Waals surface area contributed by atoms with E-state index in [1.807, 2.05) is 0 Å². The molecule has 2 heterocycles. The van der Waals surface area contributed by atoms with E-state index in [4.69, 9.17) is 0 Å². The van der Waals surface area contributed by atoms with Gasteiger partial charge in [-0.25, -0.2) is 4.98 Å². The summed E-state index contributed by atoms with van der Waals surface area (Å²) in [6.07, 6.45) is 9.90. The molecule has 3 nitrogen and oxygen atoms in total. The summed E-state index contributed by atoms with van der Waals surface area (Å²) in [6.45, 7) is 4.76. The van der Waals surface area contributed by atoms with Gasteiger partial charge in [0.2, 0.25) is 0 Å². The second-order valence-electron chi connectivity index (χ2n) is 5.94. The number of hydrogen-bond acceptors (Lipinski definition) is 3. The highest BCUT2D eigenvalue weighted by molar-refractivity contribution is 5.38. The Morgan fingerprint density at radius 1 is 1.32 bits per heavy atom. The first kappa shape index (κ1) is 12.9. The van der Waals surface area contributed by atoms with Crippen LogP contribution in [-0.2, 0) is 0 Å². The summed E-state index contributed by atoms with van der Waals surface area (Å²) in [5.41, 5.74) is 1.40. The van der Waals surface area contributed by atoms with E-state index in [1.165, 1.54) is 57.2 Å². The van der Waals surface area contributed by atoms with E-state index < -0.39 is 0 Å². The summed E-state index contributed by atoms with van der Waals surface area (Å²) in [5, 5.41) is 3.45. The van der Waals surface area contributed by atoms with Gasteiger partial charge in [-0.1, -0.05) is 19.4 Å². The van der Waals surface area contributed by atoms with Crippen LogP contribution in [0.4, 0.5) is 5.82 Å². The molecule has 1 aromatic heterocycles. The van der Waals surface area contributed by atoms with Gasteiger partial charge in [-0.15, -0.1) is 0 Å². The fourth-order valence-electron chi connectivity index (χ4n) is 2.96. The molecule has 0 bridgehead atoms. The Balaban J connectivity index is 1.63. The molecule has 19 heavy (non-hydrogen) atoms. The van der Waals surface area contributed by atoms with Crippen molar-refractivity contribution < 1.29 is 0 Å². The first-order chi connectivity index (χ1) is 9.36. The Bertz CT molecular complexity index is 397. The molecule has 2 aliphatic rings. The zero-order valence-electron chi connectivity index (χ0n) is 11.9. The average molecular weight is 259 g/mol. The molecule has 1 saturated carbocycles. The molecule has 0 amide bonds. The first-order valence-electron chi connectivity index (χ1n) is 7.83. The maximum Gasteiger partial charge on any atom is 0.126 e. The number of anilines is 1. The quantitative estimate of drug-likeness (QED) is 0.846. The number of aromatic nitrogens is 1. The van der Waals surface area contributed by atoms with Gasteiger partial charge >= 0.3 is 0 Å². The van der Waals surface area contributed by atoms with E-state index >= 15 is 0 Å². The summed E-state index contributed by atoms with van der Waals surface area (Å²) in [6, 6.07) is 5.72. The number of hydrogen-bond donors (Lipinski definition) is 1. The number of nitrogens with zero attached hydrogens (tertiary/aromatic N) is 2. The van der Waals surface area contributed by atoms with Crippen molar-refractivity contribution in [2.45, 2.75) is 57.5 Å². The van der Waals surface area contributed by atoms with Gasteiger partial charge in [-0.05, 0) is 56.8 Å². The molecule has 0 radical (unpaired) electrons. The molecule has 0 spiro atoms. The number of unbranched alkanes of at least 4 members (excludes halogenated alkanes) is 1. The molecule has 1 aliphatic heterocycles. The molecule has 1 N–H and O–H groups in total. The van der Waals surface area contributed by atoms with Crippen LogP contribution in [0.1, 0.15) is 57.1 Å². The largest absolute Gasteiger partial charge is 0.367 e. The third-order valence-corrected chi connectivity index (χ3v) is 4.26. The van der Waals surface area contributed by atoms with E-state index in [-0.39, 0.29) is 0 Å². The van der Waals surface area contributed by atoms with E-state index in [1.54, 1.807) is 0 Å². The predicted octanol–water partition coefficient (Wildman–Crippen LogP) is 3.59. The van der Waals surface area contributed by atoms with Crippen LogP contribution in [0, 0.1) is 0 Å². The van der Waals surface area contributed by atoms with Gasteiger partial charge in [0, 0.05) is 18.3 Å². The van der Waals surface area contributed by atoms with Gasteiger partial charge in [-0.3, -0.25) is 4.90 Å². The van der Waals surface area contributed by atoms with E-state index in [9.17, 15) is 0 Å². The first-order valence-corrected chi connectivity index (χ1v) is 7.83. The number of pyridine rings is 1. The molecule has 3 rings (SSSR count). The molecule has 3 heteroatoms. The lowest BCUT2D eigenvalue weighted by Crippen LogP contribution is -2.24. The molecule has 1 unspecified atom stereocenters. The molecule has 104 valence electrons. The lowest BCUT2D eigenvalue weighted by atomic mass is 10.1. The lowest BCUT2D eigenvalue weighted by Gasteiger charge is -2.24. The van der Waals surface area contributed by atoms with Crippen LogP contribution in [0.15, 0.2) is 18.3 Å². The van der Waals surface area contributed by atoms with Crippen LogP contribution < -0.4 is 5.32 Å². The molecular weight excluding hydrogens is 234 g/mol. The molecule has 0 aromatic carbocycles. The predicted molar refractivity (Wildman–Crippen MR) is 79.3 cm³/mol. The maximum atomic E-state index is 4.58. The number of nitrogens with one attached hydrogen (secondary N) is 1. The highest BCUT2D eigenvalue weighted by Gasteiger charge is 2.26. The van der Waals surface area contributed by atoms with Crippen molar-refractivity contribution in [2.24, 2.45) is 0 Å². The van der Waals surface area contributed by atoms with Crippen LogP contribution in [0.3, 0.4) is 0 Å². The Morgan fingerprint density at radius 3 is 2.89 bits per heavy atom. The third-order valence-electron chi connectivity index (χ3n) is 4.26. The highest BCUT2D eigenvalue weighted by Crippen LogP contribution is 2.32. The molecule has 1 aromatic rings. The zero-order valence-corrected chi connectivity index (χ0v) is 11.9. The molecular formula is C16H25N3. The van der Waals surface area contributed by atoms with E-state index in [0.717, 1.165) is 5.82 Å². The van der Waals surface area contributed by atoms with Crippen molar-refractivity contribution in [1.82, 2.24) is 9.88 Å². The molecule has 2 fully saturated rings. The molecule has 1 aliphatic carbocycles. The lowest BCUT2D eigenvalue weighted by molar-refractivity contribution is 0.253. The zero-order chi connectivity index (χ0) is 13.1. The van der Waals surface area contributed by atoms with E-state index in [2.05, 4.69) is 40.5 Å². The summed E-state index contributed by atoms with van der Waals surface area (Å²) in [7, 11) is 0. The van der Waals surface area contributed by atoms with E-state index in [0.29, 0.717) is 12.1 Å². The summed E-state index contributed by atoms with van der Waals surface area (Å²) in [4.78, 5) is 7.21. The van der Waals surface area contributed by atoms with Gasteiger partial charge in [0.15, 0.2) is 0 Å². The maximum absolute atomic E-state index is 4.58. The standard InChI is InChI=1S/C16H25N3/c1-2-3-10-19-11-4-5-15(19)13-6-9-16(17-12-13)18-14-7-8-14/h6,9,12,14-15H,2-5,7-8,10-11H2,1H3,(H,17,18). The van der Waals surface area contributed by atoms with Crippen molar-refractivity contribution in [2.75, 3.05) is 18.4 Å². The smallest absolute Gasteiger partial charge is 0.126 e. The van der Waals surface area contributed by atoms with Crippen molar-refractivity contribution >= 4 is 5.82 Å². The van der Waals surface area contributed by atoms with Gasteiger partial charge in [0.1, 0.15) is 5.82 Å². The van der Waals surface area contributed by atoms with Crippen LogP contribution >= 0.6 is 0 Å². The Kier molecular flexibility index (Phi) is 4.02. The topological polar surface area (TPSA) is 28.2 Å². The second kappa shape index (κ2) is 5.91. The van der Waals surface area contributed by atoms with Crippen molar-refractivity contribution in [3.05, 3.63) is 23.9 Å². The molecule has 1 atom stereocenters. The Labute approximate surface area is 116 Å². The fourth-order valence-corrected chi connectivity index (χ4v) is 2.96. The van der Waals surface area contributed by atoms with Gasteiger partial charge < -0.3 is 5.32 Å². The Morgan fingerprint density at radius 2 is 2.21 bits per heavy atom. The third kappa shape index (κ3) is 3.27. The minimum atomic E-state index is 0.606. The number of rotatable bonds is 6. The van der Waals surface area contributed by atoms with Crippen molar-refractivity contribution in [3.8, 4) is 0 Å². The van der Waals surface area contributed by atoms with Gasteiger partial charge in [0.25, 0.3) is 0 Å². The fraction of sp³-hybridized carbons (Fsp3) is 0.688. The minimum absolute atomic E-state index is 0.606. The normalized spacial score (nSPS) is 23.7. The second-order valence-corrected chi connectivity index (χ2v) is 5.94. The average Bonchev–Trinajstić information content (AvgIpc) is 3.13. The van der Waals surface area contributed by atoms with Crippen LogP contribution in [0.5, 0.6) is 0 Å². The summed E-state index contributed by atoms with van der Waals surface area (Å²) >= 11 is 0. The Hall–Kier alpha value is -1.09. The monoisotopic (exact) mass is 259 g/mol. The summed E-state index contributed by atoms with van der Waals surface area (Å²) < 4.78 is 0. The SMILES string of the molecule is CCCCN1CCCC1c1ccc(NC2CC2)nc1. The van der Waals surface area contributed by atoms with Crippen LogP contribution in [0.25, 0.3) is 0 Å². The van der Waals surface area contributed by atoms with Crippen LogP contribution in [-0.4, -0.2) is 29.0 Å². The molecule has 1 saturated heterocycles.